The lowest BCUT2D eigenvalue weighted by molar-refractivity contribution is -0.147. The van der Waals surface area contributed by atoms with Gasteiger partial charge in [-0.1, -0.05) is 59.3 Å². The molecule has 1 unspecified atom stereocenters. The first kappa shape index (κ1) is 21.4. The lowest BCUT2D eigenvalue weighted by atomic mass is 9.89. The van der Waals surface area contributed by atoms with E-state index in [9.17, 15) is 4.79 Å². The normalized spacial score (nSPS) is 15.3. The number of carbonyl (C=O) groups is 1. The number of hydrogen-bond donors (Lipinski definition) is 2. The molecule has 0 aliphatic heterocycles. The highest BCUT2D eigenvalue weighted by atomic mass is 16.5. The SMILES string of the molecule is CCCCCC(C)C[C@@H](C)CCCCC(=O)OC[C@@H](O)CO. The van der Waals surface area contributed by atoms with Crippen LogP contribution < -0.4 is 0 Å². The number of aliphatic hydroxyl groups is 2. The largest absolute Gasteiger partial charge is 0.463 e. The van der Waals surface area contributed by atoms with Gasteiger partial charge in [0.05, 0.1) is 6.61 Å². The van der Waals surface area contributed by atoms with Crippen molar-refractivity contribution in [2.24, 2.45) is 11.8 Å². The van der Waals surface area contributed by atoms with Crippen LogP contribution in [0.25, 0.3) is 0 Å². The third kappa shape index (κ3) is 13.1. The van der Waals surface area contributed by atoms with Gasteiger partial charge in [0.1, 0.15) is 12.7 Å². The average Bonchev–Trinajstić information content (AvgIpc) is 2.49. The minimum Gasteiger partial charge on any atom is -0.463 e. The molecule has 0 saturated heterocycles. The summed E-state index contributed by atoms with van der Waals surface area (Å²) < 4.78 is 4.87. The van der Waals surface area contributed by atoms with Crippen LogP contribution in [-0.4, -0.2) is 35.5 Å². The number of hydrogen-bond acceptors (Lipinski definition) is 4. The fraction of sp³-hybridized carbons (Fsp3) is 0.944. The number of ether oxygens (including phenoxy) is 1. The van der Waals surface area contributed by atoms with Gasteiger partial charge in [-0.3, -0.25) is 4.79 Å². The lowest BCUT2D eigenvalue weighted by Gasteiger charge is -2.17. The molecule has 0 heterocycles. The molecule has 0 aliphatic carbocycles. The maximum Gasteiger partial charge on any atom is 0.305 e. The van der Waals surface area contributed by atoms with Crippen LogP contribution in [0.1, 0.15) is 78.6 Å². The minimum atomic E-state index is -0.960. The van der Waals surface area contributed by atoms with Crippen molar-refractivity contribution in [1.82, 2.24) is 0 Å². The maximum atomic E-state index is 11.4. The Kier molecular flexibility index (Phi) is 13.6. The zero-order valence-corrected chi connectivity index (χ0v) is 14.7. The number of carbonyl (C=O) groups excluding carboxylic acids is 1. The van der Waals surface area contributed by atoms with E-state index in [1.165, 1.54) is 32.1 Å². The second kappa shape index (κ2) is 14.0. The van der Waals surface area contributed by atoms with E-state index in [4.69, 9.17) is 14.9 Å². The Morgan fingerprint density at radius 3 is 2.18 bits per heavy atom. The molecule has 0 spiro atoms. The van der Waals surface area contributed by atoms with Gasteiger partial charge in [-0.2, -0.15) is 0 Å². The molecule has 22 heavy (non-hydrogen) atoms. The van der Waals surface area contributed by atoms with E-state index in [0.717, 1.165) is 25.2 Å². The summed E-state index contributed by atoms with van der Waals surface area (Å²) in [6, 6.07) is 0. The molecular weight excluding hydrogens is 280 g/mol. The zero-order valence-electron chi connectivity index (χ0n) is 14.7. The van der Waals surface area contributed by atoms with E-state index in [1.807, 2.05) is 0 Å². The number of esters is 1. The molecule has 4 heteroatoms. The minimum absolute atomic E-state index is 0.110. The van der Waals surface area contributed by atoms with E-state index in [2.05, 4.69) is 20.8 Å². The maximum absolute atomic E-state index is 11.4. The zero-order chi connectivity index (χ0) is 16.8. The monoisotopic (exact) mass is 316 g/mol. The molecular formula is C18H36O4. The smallest absolute Gasteiger partial charge is 0.305 e. The van der Waals surface area contributed by atoms with Crippen molar-refractivity contribution in [2.75, 3.05) is 13.2 Å². The number of aliphatic hydroxyl groups excluding tert-OH is 2. The molecule has 0 radical (unpaired) electrons. The predicted molar refractivity (Wildman–Crippen MR) is 89.6 cm³/mol. The van der Waals surface area contributed by atoms with E-state index in [1.54, 1.807) is 0 Å². The van der Waals surface area contributed by atoms with Crippen molar-refractivity contribution < 1.29 is 19.7 Å². The average molecular weight is 316 g/mol. The highest BCUT2D eigenvalue weighted by Crippen LogP contribution is 2.22. The van der Waals surface area contributed by atoms with Crippen molar-refractivity contribution in [3.8, 4) is 0 Å². The van der Waals surface area contributed by atoms with Gasteiger partial charge in [0.2, 0.25) is 0 Å². The second-order valence-electron chi connectivity index (χ2n) is 6.71. The molecule has 0 bridgehead atoms. The van der Waals surface area contributed by atoms with Gasteiger partial charge in [0.25, 0.3) is 0 Å². The first-order chi connectivity index (χ1) is 10.5. The molecule has 2 N–H and O–H groups in total. The number of unbranched alkanes of at least 4 members (excludes halogenated alkanes) is 3. The van der Waals surface area contributed by atoms with Crippen LogP contribution in [0.4, 0.5) is 0 Å². The van der Waals surface area contributed by atoms with Crippen LogP contribution >= 0.6 is 0 Å². The van der Waals surface area contributed by atoms with Crippen LogP contribution in [0.2, 0.25) is 0 Å². The van der Waals surface area contributed by atoms with E-state index < -0.39 is 6.10 Å². The van der Waals surface area contributed by atoms with Crippen molar-refractivity contribution in [2.45, 2.75) is 84.7 Å². The predicted octanol–water partition coefficient (Wildman–Crippen LogP) is 3.69. The van der Waals surface area contributed by atoms with E-state index >= 15 is 0 Å². The summed E-state index contributed by atoms with van der Waals surface area (Å²) in [7, 11) is 0. The Hall–Kier alpha value is -0.610. The highest BCUT2D eigenvalue weighted by molar-refractivity contribution is 5.69. The molecule has 0 rings (SSSR count). The first-order valence-electron chi connectivity index (χ1n) is 8.94. The molecule has 4 nitrogen and oxygen atoms in total. The summed E-state index contributed by atoms with van der Waals surface area (Å²) >= 11 is 0. The summed E-state index contributed by atoms with van der Waals surface area (Å²) in [6.45, 7) is 6.40. The summed E-state index contributed by atoms with van der Waals surface area (Å²) in [5, 5.41) is 17.7. The number of rotatable bonds is 14. The topological polar surface area (TPSA) is 66.8 Å². The van der Waals surface area contributed by atoms with Crippen LogP contribution in [0, 0.1) is 11.8 Å². The molecule has 132 valence electrons. The van der Waals surface area contributed by atoms with Gasteiger partial charge in [0.15, 0.2) is 0 Å². The standard InChI is InChI=1S/C18H36O4/c1-4-5-6-9-15(2)12-16(3)10-7-8-11-18(21)22-14-17(20)13-19/h15-17,19-20H,4-14H2,1-3H3/t15?,16-,17-/m0/s1. The van der Waals surface area contributed by atoms with Crippen molar-refractivity contribution in [3.05, 3.63) is 0 Å². The van der Waals surface area contributed by atoms with Gasteiger partial charge in [-0.05, 0) is 24.7 Å². The summed E-state index contributed by atoms with van der Waals surface area (Å²) in [6.07, 6.45) is 9.05. The Labute approximate surface area is 136 Å². The second-order valence-corrected chi connectivity index (χ2v) is 6.71. The van der Waals surface area contributed by atoms with Crippen LogP contribution in [0.3, 0.4) is 0 Å². The van der Waals surface area contributed by atoms with Gasteiger partial charge < -0.3 is 14.9 Å². The molecule has 0 fully saturated rings. The molecule has 0 aliphatic rings. The van der Waals surface area contributed by atoms with Crippen LogP contribution in [-0.2, 0) is 9.53 Å². The summed E-state index contributed by atoms with van der Waals surface area (Å²) in [4.78, 5) is 11.4. The summed E-state index contributed by atoms with van der Waals surface area (Å²) in [5.41, 5.74) is 0. The van der Waals surface area contributed by atoms with Crippen LogP contribution in [0.15, 0.2) is 0 Å². The Bertz CT molecular complexity index is 268. The van der Waals surface area contributed by atoms with Crippen molar-refractivity contribution >= 4 is 5.97 Å². The van der Waals surface area contributed by atoms with E-state index in [0.29, 0.717) is 12.3 Å². The molecule has 0 saturated carbocycles. The quantitative estimate of drug-likeness (QED) is 0.379. The Morgan fingerprint density at radius 1 is 1.05 bits per heavy atom. The molecule has 0 aromatic heterocycles. The van der Waals surface area contributed by atoms with Crippen LogP contribution in [0.5, 0.6) is 0 Å². The Morgan fingerprint density at radius 2 is 1.64 bits per heavy atom. The molecule has 0 aromatic rings. The third-order valence-electron chi connectivity index (χ3n) is 4.08. The highest BCUT2D eigenvalue weighted by Gasteiger charge is 2.10. The summed E-state index contributed by atoms with van der Waals surface area (Å²) in [5.74, 6) is 1.23. The lowest BCUT2D eigenvalue weighted by Crippen LogP contribution is -2.21. The fourth-order valence-electron chi connectivity index (χ4n) is 2.74. The van der Waals surface area contributed by atoms with Gasteiger partial charge >= 0.3 is 5.97 Å². The van der Waals surface area contributed by atoms with Gasteiger partial charge in [0, 0.05) is 6.42 Å². The molecule has 3 atom stereocenters. The van der Waals surface area contributed by atoms with Crippen molar-refractivity contribution in [1.29, 1.82) is 0 Å². The van der Waals surface area contributed by atoms with Gasteiger partial charge in [-0.25, -0.2) is 0 Å². The molecule has 0 aromatic carbocycles. The fourth-order valence-corrected chi connectivity index (χ4v) is 2.74. The van der Waals surface area contributed by atoms with Gasteiger partial charge in [-0.15, -0.1) is 0 Å². The Balaban J connectivity index is 3.55. The molecule has 0 amide bonds. The van der Waals surface area contributed by atoms with E-state index in [-0.39, 0.29) is 19.2 Å². The van der Waals surface area contributed by atoms with Crippen molar-refractivity contribution in [3.63, 3.8) is 0 Å². The third-order valence-corrected chi connectivity index (χ3v) is 4.08. The first-order valence-corrected chi connectivity index (χ1v) is 8.94.